The van der Waals surface area contributed by atoms with E-state index in [-0.39, 0.29) is 18.5 Å². The average molecular weight is 1010 g/mol. The summed E-state index contributed by atoms with van der Waals surface area (Å²) in [7, 11) is 0. The number of amides is 1. The Kier molecular flexibility index (Phi) is 59.5. The van der Waals surface area contributed by atoms with Crippen molar-refractivity contribution in [3.8, 4) is 0 Å². The highest BCUT2D eigenvalue weighted by Gasteiger charge is 2.18. The van der Waals surface area contributed by atoms with Crippen LogP contribution in [0.4, 0.5) is 0 Å². The van der Waals surface area contributed by atoms with E-state index >= 15 is 0 Å². The zero-order valence-corrected chi connectivity index (χ0v) is 48.2. The lowest BCUT2D eigenvalue weighted by molar-refractivity contribution is -0.143. The number of ether oxygens (including phenoxy) is 1. The van der Waals surface area contributed by atoms with E-state index in [4.69, 9.17) is 4.74 Å². The van der Waals surface area contributed by atoms with Gasteiger partial charge in [-0.05, 0) is 89.9 Å². The zero-order valence-electron chi connectivity index (χ0n) is 48.2. The first kappa shape index (κ1) is 69.8. The Morgan fingerprint density at radius 1 is 0.389 bits per heavy atom. The predicted molar refractivity (Wildman–Crippen MR) is 315 cm³/mol. The van der Waals surface area contributed by atoms with Gasteiger partial charge >= 0.3 is 5.97 Å². The largest absolute Gasteiger partial charge is 0.466 e. The molecule has 1 amide bonds. The van der Waals surface area contributed by atoms with Crippen LogP contribution in [0.2, 0.25) is 0 Å². The number of nitrogens with one attached hydrogen (secondary N) is 1. The Balaban J connectivity index is 3.51. The number of hydrogen-bond acceptors (Lipinski definition) is 5. The summed E-state index contributed by atoms with van der Waals surface area (Å²) in [6.45, 7) is 4.87. The van der Waals surface area contributed by atoms with Crippen LogP contribution in [0.1, 0.15) is 335 Å². The summed E-state index contributed by atoms with van der Waals surface area (Å²) >= 11 is 0. The van der Waals surface area contributed by atoms with Crippen molar-refractivity contribution in [2.24, 2.45) is 0 Å². The van der Waals surface area contributed by atoms with Crippen molar-refractivity contribution in [1.82, 2.24) is 5.32 Å². The third-order valence-electron chi connectivity index (χ3n) is 14.6. The monoisotopic (exact) mass is 1010 g/mol. The average Bonchev–Trinajstić information content (AvgIpc) is 3.38. The van der Waals surface area contributed by atoms with Crippen molar-refractivity contribution < 1.29 is 24.5 Å². The van der Waals surface area contributed by atoms with Crippen LogP contribution in [0.25, 0.3) is 0 Å². The first-order valence-corrected chi connectivity index (χ1v) is 31.9. The van der Waals surface area contributed by atoms with Crippen LogP contribution in [0.5, 0.6) is 0 Å². The van der Waals surface area contributed by atoms with Crippen LogP contribution < -0.4 is 5.32 Å². The second-order valence-corrected chi connectivity index (χ2v) is 21.8. The summed E-state index contributed by atoms with van der Waals surface area (Å²) in [5.74, 6) is -0.0980. The number of aliphatic hydroxyl groups excluding tert-OH is 2. The zero-order chi connectivity index (χ0) is 52.2. The molecule has 0 aromatic carbocycles. The lowest BCUT2D eigenvalue weighted by Gasteiger charge is -2.20. The van der Waals surface area contributed by atoms with Crippen molar-refractivity contribution in [3.63, 3.8) is 0 Å². The molecule has 0 aliphatic rings. The normalized spacial score (nSPS) is 12.9. The van der Waals surface area contributed by atoms with E-state index in [1.54, 1.807) is 6.08 Å². The van der Waals surface area contributed by atoms with E-state index in [0.29, 0.717) is 19.4 Å². The second-order valence-electron chi connectivity index (χ2n) is 21.8. The Morgan fingerprint density at radius 3 is 1.07 bits per heavy atom. The first-order valence-electron chi connectivity index (χ1n) is 31.9. The molecule has 0 rings (SSSR count). The van der Waals surface area contributed by atoms with Gasteiger partial charge in [0.2, 0.25) is 5.91 Å². The summed E-state index contributed by atoms with van der Waals surface area (Å²) in [5, 5.41) is 23.2. The molecule has 2 unspecified atom stereocenters. The van der Waals surface area contributed by atoms with E-state index in [0.717, 1.165) is 77.0 Å². The molecule has 0 aliphatic heterocycles. The Hall–Kier alpha value is -2.18. The lowest BCUT2D eigenvalue weighted by atomic mass is 10.0. The molecule has 0 fully saturated rings. The van der Waals surface area contributed by atoms with E-state index in [1.807, 2.05) is 6.08 Å². The van der Waals surface area contributed by atoms with Gasteiger partial charge in [0.1, 0.15) is 0 Å². The van der Waals surface area contributed by atoms with Gasteiger partial charge in [-0.2, -0.15) is 0 Å². The molecule has 6 heteroatoms. The summed E-state index contributed by atoms with van der Waals surface area (Å²) < 4.78 is 5.45. The van der Waals surface area contributed by atoms with Crippen LogP contribution in [-0.2, 0) is 14.3 Å². The van der Waals surface area contributed by atoms with E-state index < -0.39 is 12.1 Å². The molecule has 0 saturated carbocycles. The van der Waals surface area contributed by atoms with Gasteiger partial charge in [0.25, 0.3) is 0 Å². The Bertz CT molecular complexity index is 1210. The number of carbonyl (C=O) groups excluding carboxylic acids is 2. The van der Waals surface area contributed by atoms with Crippen LogP contribution in [-0.4, -0.2) is 47.4 Å². The maximum absolute atomic E-state index is 12.5. The van der Waals surface area contributed by atoms with Crippen molar-refractivity contribution in [3.05, 3.63) is 48.6 Å². The van der Waals surface area contributed by atoms with Crippen molar-refractivity contribution >= 4 is 11.9 Å². The molecule has 6 nitrogen and oxygen atoms in total. The standard InChI is InChI=1S/C66H123NO5/c1-3-5-7-9-11-13-15-17-19-20-21-22-24-27-31-34-38-42-46-50-54-58-64(69)63(62-68)67-65(70)59-55-51-47-43-39-35-32-28-25-23-26-29-33-37-41-45-49-53-57-61-72-66(71)60-56-52-48-44-40-36-30-18-16-14-12-10-8-6-4-2/h18,29-30,33,37,41,54,58,63-64,68-69H,3-17,19-28,31-32,34-36,38-40,42-53,55-57,59-62H2,1-2H3,(H,67,70)/b30-18-,33-29-,41-37-,58-54+. The number of carbonyl (C=O) groups is 2. The molecule has 0 heterocycles. The van der Waals surface area contributed by atoms with Gasteiger partial charge in [-0.3, -0.25) is 9.59 Å². The van der Waals surface area contributed by atoms with Gasteiger partial charge in [0.15, 0.2) is 0 Å². The molecule has 0 aliphatic carbocycles. The van der Waals surface area contributed by atoms with Crippen molar-refractivity contribution in [1.29, 1.82) is 0 Å². The number of aliphatic hydroxyl groups is 2. The number of allylic oxidation sites excluding steroid dienone is 7. The minimum absolute atomic E-state index is 0.0220. The third-order valence-corrected chi connectivity index (χ3v) is 14.6. The predicted octanol–water partition coefficient (Wildman–Crippen LogP) is 20.1. The van der Waals surface area contributed by atoms with E-state index in [9.17, 15) is 19.8 Å². The van der Waals surface area contributed by atoms with Crippen LogP contribution in [0.15, 0.2) is 48.6 Å². The molecule has 0 bridgehead atoms. The van der Waals surface area contributed by atoms with Gasteiger partial charge in [-0.15, -0.1) is 0 Å². The number of hydrogen-bond donors (Lipinski definition) is 3. The fourth-order valence-corrected chi connectivity index (χ4v) is 9.68. The van der Waals surface area contributed by atoms with Crippen LogP contribution >= 0.6 is 0 Å². The van der Waals surface area contributed by atoms with Gasteiger partial charge in [0, 0.05) is 12.8 Å². The van der Waals surface area contributed by atoms with Gasteiger partial charge in [0.05, 0.1) is 25.4 Å². The fourth-order valence-electron chi connectivity index (χ4n) is 9.68. The Labute approximate surface area is 448 Å². The number of unbranched alkanes of at least 4 members (excludes halogenated alkanes) is 43. The summed E-state index contributed by atoms with van der Waals surface area (Å²) in [6, 6.07) is -0.638. The highest BCUT2D eigenvalue weighted by molar-refractivity contribution is 5.76. The smallest absolute Gasteiger partial charge is 0.305 e. The molecular formula is C66H123NO5. The fraction of sp³-hybridized carbons (Fsp3) is 0.848. The van der Waals surface area contributed by atoms with E-state index in [2.05, 4.69) is 55.6 Å². The minimum atomic E-state index is -0.853. The molecule has 422 valence electrons. The van der Waals surface area contributed by atoms with Gasteiger partial charge in [-0.1, -0.05) is 281 Å². The number of rotatable bonds is 59. The number of esters is 1. The molecule has 0 aromatic rings. The Morgan fingerprint density at radius 2 is 0.694 bits per heavy atom. The SMILES string of the molecule is CCCCCCCC/C=C\CCCCCCCC(=O)OCCCCC/C=C\C=C/CCCCCCCCCCCCC(=O)NC(CO)C(O)/C=C/CCCCCCCCCCCCCCCCCCCCC. The molecule has 0 spiro atoms. The van der Waals surface area contributed by atoms with Crippen molar-refractivity contribution in [2.45, 2.75) is 347 Å². The molecule has 3 N–H and O–H groups in total. The minimum Gasteiger partial charge on any atom is -0.466 e. The molecular weight excluding hydrogens is 887 g/mol. The summed E-state index contributed by atoms with van der Waals surface area (Å²) in [5.41, 5.74) is 0. The molecule has 72 heavy (non-hydrogen) atoms. The lowest BCUT2D eigenvalue weighted by Crippen LogP contribution is -2.45. The molecule has 2 atom stereocenters. The van der Waals surface area contributed by atoms with Crippen molar-refractivity contribution in [2.75, 3.05) is 13.2 Å². The maximum atomic E-state index is 12.5. The molecule has 0 saturated heterocycles. The highest BCUT2D eigenvalue weighted by Crippen LogP contribution is 2.17. The van der Waals surface area contributed by atoms with Gasteiger partial charge < -0.3 is 20.3 Å². The van der Waals surface area contributed by atoms with Crippen LogP contribution in [0.3, 0.4) is 0 Å². The van der Waals surface area contributed by atoms with Crippen LogP contribution in [0, 0.1) is 0 Å². The first-order chi connectivity index (χ1) is 35.5. The summed E-state index contributed by atoms with van der Waals surface area (Å²) in [4.78, 5) is 24.5. The topological polar surface area (TPSA) is 95.9 Å². The highest BCUT2D eigenvalue weighted by atomic mass is 16.5. The molecule has 0 radical (unpaired) electrons. The third kappa shape index (κ3) is 57.1. The quantitative estimate of drug-likeness (QED) is 0.0244. The maximum Gasteiger partial charge on any atom is 0.305 e. The second kappa shape index (κ2) is 61.4. The summed E-state index contributed by atoms with van der Waals surface area (Å²) in [6.07, 6.45) is 78.7. The van der Waals surface area contributed by atoms with Gasteiger partial charge in [-0.25, -0.2) is 0 Å². The van der Waals surface area contributed by atoms with E-state index in [1.165, 1.54) is 231 Å². The molecule has 0 aromatic heterocycles.